The lowest BCUT2D eigenvalue weighted by molar-refractivity contribution is -0.375. The van der Waals surface area contributed by atoms with Crippen molar-refractivity contribution in [2.24, 2.45) is 0 Å². The topological polar surface area (TPSA) is 126 Å². The minimum atomic E-state index is -1.22. The standard InChI is InChI=1S/C61H58O12S/c1-41-32-34-48(35-33-41)74-61-56(72-58(63)46-28-16-6-17-29-46)54(71-57(62)45-26-14-5-15-27-45)51(64-36-42-20-8-2-9-21-42)49(70-61)39-68-60-55(66-38-44-24-12-4-13-25-44)53(65-37-43-22-10-3-11-23-43)52-50(69-60)40-67-59(73-52)47-30-18-7-19-31-47/h2-35,49-56,59-61H,36-40H2,1H3/t49-,50-,51-,52+,53+,54+,55-,56-,59+,60+,61+/m1/s1. The number of aryl methyl sites for hydroxylation is 1. The van der Waals surface area contributed by atoms with Crippen molar-refractivity contribution in [1.82, 2.24) is 0 Å². The third kappa shape index (κ3) is 13.1. The average molecular weight is 1020 g/mol. The van der Waals surface area contributed by atoms with Gasteiger partial charge < -0.3 is 47.4 Å². The monoisotopic (exact) mass is 1010 g/mol. The van der Waals surface area contributed by atoms with E-state index in [1.54, 1.807) is 48.5 Å². The fraction of sp³-hybridized carbons (Fsp3) is 0.279. The van der Waals surface area contributed by atoms with Gasteiger partial charge in [0.2, 0.25) is 0 Å². The summed E-state index contributed by atoms with van der Waals surface area (Å²) in [7, 11) is 0. The van der Waals surface area contributed by atoms with Crippen LogP contribution in [0.1, 0.15) is 54.8 Å². The van der Waals surface area contributed by atoms with Crippen LogP contribution >= 0.6 is 11.8 Å². The van der Waals surface area contributed by atoms with Crippen molar-refractivity contribution in [3.63, 3.8) is 0 Å². The van der Waals surface area contributed by atoms with Gasteiger partial charge in [0.05, 0.1) is 44.2 Å². The molecule has 0 bridgehead atoms. The molecule has 0 unspecified atom stereocenters. The number of ether oxygens (including phenoxy) is 10. The smallest absolute Gasteiger partial charge is 0.338 e. The summed E-state index contributed by atoms with van der Waals surface area (Å²) in [5.41, 5.74) is 4.36. The van der Waals surface area contributed by atoms with Crippen LogP contribution in [-0.4, -0.2) is 85.7 Å². The minimum Gasteiger partial charge on any atom is -0.452 e. The molecule has 3 fully saturated rings. The number of hydrogen-bond acceptors (Lipinski definition) is 13. The van der Waals surface area contributed by atoms with Crippen LogP contribution in [0.5, 0.6) is 0 Å². The van der Waals surface area contributed by atoms with Crippen LogP contribution in [0.3, 0.4) is 0 Å². The Bertz CT molecular complexity index is 2810. The number of esters is 2. The molecule has 0 saturated carbocycles. The zero-order chi connectivity index (χ0) is 50.5. The SMILES string of the molecule is Cc1ccc(S[C@@H]2O[C@H](CO[C@H]3O[C@@H]4CO[C@H](c5ccccc5)O[C@@H]4[C@H](OCc4ccccc4)[C@H]3OCc3ccccc3)[C@@H](OCc3ccccc3)[C@H](OC(=O)c3ccccc3)[C@H]2OC(=O)c2ccccc2)cc1. The molecule has 3 heterocycles. The lowest BCUT2D eigenvalue weighted by Gasteiger charge is -2.49. The predicted molar refractivity (Wildman–Crippen MR) is 277 cm³/mol. The zero-order valence-corrected chi connectivity index (χ0v) is 41.6. The summed E-state index contributed by atoms with van der Waals surface area (Å²) >= 11 is 1.34. The lowest BCUT2D eigenvalue weighted by Crippen LogP contribution is -2.64. The van der Waals surface area contributed by atoms with Gasteiger partial charge in [0, 0.05) is 10.5 Å². The Morgan fingerprint density at radius 2 is 0.959 bits per heavy atom. The third-order valence-electron chi connectivity index (χ3n) is 13.0. The van der Waals surface area contributed by atoms with Gasteiger partial charge >= 0.3 is 11.9 Å². The third-order valence-corrected chi connectivity index (χ3v) is 14.2. The Balaban J connectivity index is 1.01. The largest absolute Gasteiger partial charge is 0.452 e. The van der Waals surface area contributed by atoms with Crippen molar-refractivity contribution in [3.8, 4) is 0 Å². The number of fused-ring (bicyclic) bond motifs is 1. The molecule has 7 aromatic carbocycles. The van der Waals surface area contributed by atoms with E-state index in [1.165, 1.54) is 11.8 Å². The molecule has 0 amide bonds. The van der Waals surface area contributed by atoms with E-state index in [2.05, 4.69) is 0 Å². The second-order valence-electron chi connectivity index (χ2n) is 18.3. The first kappa shape index (κ1) is 51.0. The predicted octanol–water partition coefficient (Wildman–Crippen LogP) is 10.9. The first-order valence-electron chi connectivity index (χ1n) is 24.9. The summed E-state index contributed by atoms with van der Waals surface area (Å²) in [5.74, 6) is -1.26. The van der Waals surface area contributed by atoms with Gasteiger partial charge in [-0.2, -0.15) is 0 Å². The Morgan fingerprint density at radius 3 is 1.50 bits per heavy atom. The number of hydrogen-bond donors (Lipinski definition) is 0. The van der Waals surface area contributed by atoms with Gasteiger partial charge in [0.25, 0.3) is 0 Å². The summed E-state index contributed by atoms with van der Waals surface area (Å²) < 4.78 is 67.8. The van der Waals surface area contributed by atoms with E-state index >= 15 is 0 Å². The Hall–Kier alpha value is -6.49. The molecule has 11 atom stereocenters. The highest BCUT2D eigenvalue weighted by molar-refractivity contribution is 7.99. The molecule has 74 heavy (non-hydrogen) atoms. The molecule has 0 spiro atoms. The molecule has 13 heteroatoms. The molecule has 10 rings (SSSR count). The van der Waals surface area contributed by atoms with E-state index in [-0.39, 0.29) is 33.0 Å². The van der Waals surface area contributed by atoms with Gasteiger partial charge in [-0.3, -0.25) is 0 Å². The number of rotatable bonds is 19. The van der Waals surface area contributed by atoms with Gasteiger partial charge in [-0.05, 0) is 60.0 Å². The average Bonchev–Trinajstić information content (AvgIpc) is 3.45. The molecule has 3 aliphatic rings. The fourth-order valence-corrected chi connectivity index (χ4v) is 10.3. The van der Waals surface area contributed by atoms with Crippen molar-refractivity contribution in [1.29, 1.82) is 0 Å². The molecular formula is C61H58O12S. The highest BCUT2D eigenvalue weighted by atomic mass is 32.2. The van der Waals surface area contributed by atoms with E-state index in [9.17, 15) is 9.59 Å². The van der Waals surface area contributed by atoms with Crippen LogP contribution in [0.25, 0.3) is 0 Å². The van der Waals surface area contributed by atoms with Crippen molar-refractivity contribution in [2.45, 2.75) is 98.5 Å². The normalized spacial score (nSPS) is 25.6. The van der Waals surface area contributed by atoms with E-state index < -0.39 is 78.8 Å². The van der Waals surface area contributed by atoms with Crippen LogP contribution in [0.2, 0.25) is 0 Å². The first-order chi connectivity index (χ1) is 36.4. The minimum absolute atomic E-state index is 0.0963. The van der Waals surface area contributed by atoms with Crippen molar-refractivity contribution >= 4 is 23.7 Å². The quantitative estimate of drug-likeness (QED) is 0.0714. The molecular weight excluding hydrogens is 957 g/mol. The summed E-state index contributed by atoms with van der Waals surface area (Å²) in [4.78, 5) is 29.4. The number of carbonyl (C=O) groups is 2. The van der Waals surface area contributed by atoms with E-state index in [0.29, 0.717) is 11.1 Å². The molecule has 12 nitrogen and oxygen atoms in total. The van der Waals surface area contributed by atoms with Crippen LogP contribution < -0.4 is 0 Å². The maximum Gasteiger partial charge on any atom is 0.338 e. The van der Waals surface area contributed by atoms with Gasteiger partial charge in [-0.1, -0.05) is 187 Å². The van der Waals surface area contributed by atoms with Gasteiger partial charge in [-0.15, -0.1) is 0 Å². The number of carbonyl (C=O) groups excluding carboxylic acids is 2. The molecule has 3 saturated heterocycles. The zero-order valence-electron chi connectivity index (χ0n) is 40.8. The van der Waals surface area contributed by atoms with Crippen molar-refractivity contribution in [2.75, 3.05) is 13.2 Å². The summed E-state index contributed by atoms with van der Waals surface area (Å²) in [6.45, 7) is 2.58. The molecule has 0 aromatic heterocycles. The molecule has 3 aliphatic heterocycles. The highest BCUT2D eigenvalue weighted by Gasteiger charge is 2.55. The highest BCUT2D eigenvalue weighted by Crippen LogP contribution is 2.41. The van der Waals surface area contributed by atoms with Gasteiger partial charge in [0.1, 0.15) is 42.1 Å². The van der Waals surface area contributed by atoms with Crippen molar-refractivity contribution < 1.29 is 57.0 Å². The Labute approximate surface area is 435 Å². The summed E-state index contributed by atoms with van der Waals surface area (Å²) in [6.07, 6.45) is -9.03. The Kier molecular flexibility index (Phi) is 17.3. The molecule has 0 radical (unpaired) electrons. The molecule has 0 aliphatic carbocycles. The number of thioether (sulfide) groups is 1. The Morgan fingerprint density at radius 1 is 0.486 bits per heavy atom. The van der Waals surface area contributed by atoms with E-state index in [0.717, 1.165) is 32.7 Å². The maximum absolute atomic E-state index is 14.4. The van der Waals surface area contributed by atoms with Crippen LogP contribution in [-0.2, 0) is 67.2 Å². The second-order valence-corrected chi connectivity index (χ2v) is 19.5. The number of benzene rings is 7. The van der Waals surface area contributed by atoms with E-state index in [4.69, 9.17) is 47.4 Å². The maximum atomic E-state index is 14.4. The van der Waals surface area contributed by atoms with Gasteiger partial charge in [-0.25, -0.2) is 9.59 Å². The second kappa shape index (κ2) is 25.2. The molecule has 7 aromatic rings. The summed E-state index contributed by atoms with van der Waals surface area (Å²) in [5, 5.41) is 0. The molecule has 0 N–H and O–H groups in total. The summed E-state index contributed by atoms with van der Waals surface area (Å²) in [6, 6.07) is 64.5. The van der Waals surface area contributed by atoms with E-state index in [1.807, 2.05) is 165 Å². The van der Waals surface area contributed by atoms with Crippen LogP contribution in [0.15, 0.2) is 211 Å². The van der Waals surface area contributed by atoms with Crippen LogP contribution in [0.4, 0.5) is 0 Å². The first-order valence-corrected chi connectivity index (χ1v) is 25.8. The van der Waals surface area contributed by atoms with Crippen LogP contribution in [0, 0.1) is 6.92 Å². The van der Waals surface area contributed by atoms with Crippen molar-refractivity contribution in [3.05, 3.63) is 245 Å². The molecule has 380 valence electrons. The lowest BCUT2D eigenvalue weighted by atomic mass is 9.96. The fourth-order valence-electron chi connectivity index (χ4n) is 9.17. The van der Waals surface area contributed by atoms with Gasteiger partial charge in [0.15, 0.2) is 24.8 Å².